The van der Waals surface area contributed by atoms with Crippen LogP contribution in [0.1, 0.15) is 37.7 Å². The van der Waals surface area contributed by atoms with Gasteiger partial charge in [0.15, 0.2) is 0 Å². The number of halogens is 1. The van der Waals surface area contributed by atoms with Crippen LogP contribution in [0.4, 0.5) is 0 Å². The Morgan fingerprint density at radius 2 is 1.93 bits per heavy atom. The molecule has 1 aliphatic rings. The van der Waals surface area contributed by atoms with E-state index in [9.17, 15) is 0 Å². The minimum Gasteiger partial charge on any atom is -0.0945 e. The minimum atomic E-state index is 0.637. The highest BCUT2D eigenvalue weighted by atomic mass is 79.9. The summed E-state index contributed by atoms with van der Waals surface area (Å²) < 4.78 is 1.11. The van der Waals surface area contributed by atoms with Crippen LogP contribution in [-0.4, -0.2) is 0 Å². The molecular formula is C14H15Br. The number of hydrogen-bond donors (Lipinski definition) is 0. The van der Waals surface area contributed by atoms with Crippen LogP contribution >= 0.6 is 15.9 Å². The van der Waals surface area contributed by atoms with Crippen molar-refractivity contribution in [2.75, 3.05) is 0 Å². The molecule has 15 heavy (non-hydrogen) atoms. The molecule has 0 aliphatic heterocycles. The standard InChI is InChI=1S/C14H15Br/c15-14-8-4-7-13(11-14)10-9-12-5-2-1-3-6-12/h4,7-8,11-12H,1-3,5-6H2. The lowest BCUT2D eigenvalue weighted by Crippen LogP contribution is -2.02. The topological polar surface area (TPSA) is 0 Å². The molecule has 0 nitrogen and oxygen atoms in total. The van der Waals surface area contributed by atoms with Gasteiger partial charge in [-0.3, -0.25) is 0 Å². The molecule has 0 N–H and O–H groups in total. The Balaban J connectivity index is 2.03. The molecule has 1 aromatic carbocycles. The number of rotatable bonds is 0. The van der Waals surface area contributed by atoms with Gasteiger partial charge < -0.3 is 0 Å². The summed E-state index contributed by atoms with van der Waals surface area (Å²) in [6.07, 6.45) is 6.70. The van der Waals surface area contributed by atoms with E-state index in [0.717, 1.165) is 10.0 Å². The Kier molecular flexibility index (Phi) is 3.86. The molecule has 0 heterocycles. The Bertz CT molecular complexity index is 378. The highest BCUT2D eigenvalue weighted by Crippen LogP contribution is 2.22. The quantitative estimate of drug-likeness (QED) is 0.609. The zero-order valence-corrected chi connectivity index (χ0v) is 10.4. The lowest BCUT2D eigenvalue weighted by molar-refractivity contribution is 0.430. The van der Waals surface area contributed by atoms with Crippen LogP contribution in [0.2, 0.25) is 0 Å². The molecule has 0 saturated heterocycles. The van der Waals surface area contributed by atoms with Crippen molar-refractivity contribution in [3.8, 4) is 11.8 Å². The van der Waals surface area contributed by atoms with Crippen molar-refractivity contribution in [3.05, 3.63) is 34.3 Å². The molecule has 0 unspecified atom stereocenters. The molecule has 1 aliphatic carbocycles. The predicted molar refractivity (Wildman–Crippen MR) is 67.6 cm³/mol. The van der Waals surface area contributed by atoms with Crippen LogP contribution in [0, 0.1) is 17.8 Å². The van der Waals surface area contributed by atoms with E-state index in [1.165, 1.54) is 32.1 Å². The van der Waals surface area contributed by atoms with Gasteiger partial charge in [0.05, 0.1) is 0 Å². The molecule has 78 valence electrons. The second-order valence-electron chi connectivity index (χ2n) is 4.11. The summed E-state index contributed by atoms with van der Waals surface area (Å²) in [5.41, 5.74) is 1.12. The Morgan fingerprint density at radius 1 is 1.13 bits per heavy atom. The molecule has 1 fully saturated rings. The third-order valence-corrected chi connectivity index (χ3v) is 3.34. The molecule has 2 rings (SSSR count). The molecule has 0 bridgehead atoms. The summed E-state index contributed by atoms with van der Waals surface area (Å²) in [5.74, 6) is 7.31. The second-order valence-corrected chi connectivity index (χ2v) is 5.03. The first-order chi connectivity index (χ1) is 7.34. The van der Waals surface area contributed by atoms with Gasteiger partial charge in [-0.2, -0.15) is 0 Å². The first kappa shape index (κ1) is 10.8. The van der Waals surface area contributed by atoms with Gasteiger partial charge in [-0.15, -0.1) is 0 Å². The highest BCUT2D eigenvalue weighted by molar-refractivity contribution is 9.10. The van der Waals surface area contributed by atoms with Crippen molar-refractivity contribution in [3.63, 3.8) is 0 Å². The molecule has 0 atom stereocenters. The molecule has 0 amide bonds. The largest absolute Gasteiger partial charge is 0.0945 e. The lowest BCUT2D eigenvalue weighted by atomic mass is 9.90. The average Bonchev–Trinajstić information content (AvgIpc) is 2.28. The van der Waals surface area contributed by atoms with Crippen molar-refractivity contribution in [2.45, 2.75) is 32.1 Å². The van der Waals surface area contributed by atoms with E-state index < -0.39 is 0 Å². The third kappa shape index (κ3) is 3.39. The van der Waals surface area contributed by atoms with Crippen LogP contribution in [-0.2, 0) is 0 Å². The zero-order valence-electron chi connectivity index (χ0n) is 8.80. The first-order valence-corrected chi connectivity index (χ1v) is 6.41. The normalized spacial score (nSPS) is 16.9. The summed E-state index contributed by atoms with van der Waals surface area (Å²) in [6, 6.07) is 8.22. The molecule has 0 spiro atoms. The van der Waals surface area contributed by atoms with Crippen molar-refractivity contribution in [2.24, 2.45) is 5.92 Å². The Hall–Kier alpha value is -0.740. The number of hydrogen-bond acceptors (Lipinski definition) is 0. The van der Waals surface area contributed by atoms with Crippen LogP contribution in [0.5, 0.6) is 0 Å². The van der Waals surface area contributed by atoms with E-state index in [1.54, 1.807) is 0 Å². The second kappa shape index (κ2) is 5.37. The first-order valence-electron chi connectivity index (χ1n) is 5.62. The average molecular weight is 263 g/mol. The predicted octanol–water partition coefficient (Wildman–Crippen LogP) is 4.38. The van der Waals surface area contributed by atoms with Crippen LogP contribution in [0.15, 0.2) is 28.7 Å². The van der Waals surface area contributed by atoms with E-state index in [4.69, 9.17) is 0 Å². The maximum absolute atomic E-state index is 3.46. The fourth-order valence-electron chi connectivity index (χ4n) is 2.00. The summed E-state index contributed by atoms with van der Waals surface area (Å²) in [4.78, 5) is 0. The summed E-state index contributed by atoms with van der Waals surface area (Å²) in [5, 5.41) is 0. The lowest BCUT2D eigenvalue weighted by Gasteiger charge is -2.15. The van der Waals surface area contributed by atoms with Crippen molar-refractivity contribution in [1.29, 1.82) is 0 Å². The minimum absolute atomic E-state index is 0.637. The molecular weight excluding hydrogens is 248 g/mol. The summed E-state index contributed by atoms with van der Waals surface area (Å²) >= 11 is 3.46. The molecule has 1 saturated carbocycles. The zero-order chi connectivity index (χ0) is 10.5. The highest BCUT2D eigenvalue weighted by Gasteiger charge is 2.09. The Morgan fingerprint density at radius 3 is 2.67 bits per heavy atom. The van der Waals surface area contributed by atoms with Gasteiger partial charge in [0.1, 0.15) is 0 Å². The van der Waals surface area contributed by atoms with E-state index in [-0.39, 0.29) is 0 Å². The SMILES string of the molecule is Brc1cccc(C#CC2CCCCC2)c1. The van der Waals surface area contributed by atoms with Gasteiger partial charge in [0.25, 0.3) is 0 Å². The van der Waals surface area contributed by atoms with Crippen molar-refractivity contribution >= 4 is 15.9 Å². The molecule has 1 heteroatoms. The van der Waals surface area contributed by atoms with Gasteiger partial charge in [0.2, 0.25) is 0 Å². The van der Waals surface area contributed by atoms with Crippen molar-refractivity contribution < 1.29 is 0 Å². The third-order valence-electron chi connectivity index (χ3n) is 2.85. The van der Waals surface area contributed by atoms with Crippen LogP contribution in [0.25, 0.3) is 0 Å². The fourth-order valence-corrected chi connectivity index (χ4v) is 2.40. The summed E-state index contributed by atoms with van der Waals surface area (Å²) in [6.45, 7) is 0. The maximum Gasteiger partial charge on any atom is 0.0256 e. The van der Waals surface area contributed by atoms with Gasteiger partial charge >= 0.3 is 0 Å². The van der Waals surface area contributed by atoms with Gasteiger partial charge in [-0.05, 0) is 31.0 Å². The van der Waals surface area contributed by atoms with E-state index in [2.05, 4.69) is 39.9 Å². The fraction of sp³-hybridized carbons (Fsp3) is 0.429. The van der Waals surface area contributed by atoms with E-state index in [0.29, 0.717) is 5.92 Å². The van der Waals surface area contributed by atoms with Gasteiger partial charge in [-0.25, -0.2) is 0 Å². The maximum atomic E-state index is 3.46. The smallest absolute Gasteiger partial charge is 0.0256 e. The monoisotopic (exact) mass is 262 g/mol. The Labute approximate surface area is 100 Å². The van der Waals surface area contributed by atoms with Crippen LogP contribution in [0.3, 0.4) is 0 Å². The number of benzene rings is 1. The van der Waals surface area contributed by atoms with E-state index >= 15 is 0 Å². The van der Waals surface area contributed by atoms with Gasteiger partial charge in [-0.1, -0.05) is 53.1 Å². The van der Waals surface area contributed by atoms with E-state index in [1.807, 2.05) is 12.1 Å². The van der Waals surface area contributed by atoms with Crippen molar-refractivity contribution in [1.82, 2.24) is 0 Å². The molecule has 0 aromatic heterocycles. The molecule has 0 radical (unpaired) electrons. The summed E-state index contributed by atoms with van der Waals surface area (Å²) in [7, 11) is 0. The van der Waals surface area contributed by atoms with Crippen LogP contribution < -0.4 is 0 Å². The molecule has 1 aromatic rings. The van der Waals surface area contributed by atoms with Gasteiger partial charge in [0, 0.05) is 16.0 Å².